The molecule has 8 rings (SSSR count). The van der Waals surface area contributed by atoms with Gasteiger partial charge in [0.2, 0.25) is 17.7 Å². The Labute approximate surface area is 321 Å². The van der Waals surface area contributed by atoms with Crippen LogP contribution in [0.2, 0.25) is 0 Å². The average Bonchev–Trinajstić information content (AvgIpc) is 3.56. The molecule has 4 bridgehead atoms. The number of Topliss-reactive ketones (excluding diaryl/α,β-unsaturated/α-hetero) is 1. The number of nitrogens with one attached hydrogen (secondary N) is 1. The van der Waals surface area contributed by atoms with Crippen LogP contribution in [-0.2, 0) is 29.0 Å². The fourth-order valence-electron chi connectivity index (χ4n) is 7.91. The first-order chi connectivity index (χ1) is 26.1. The standard InChI is InChI=1S/C41H41BrN8O4/c1-24-14-15-34(42)46-39(24)47-40(53)32-18-41-19-33(41)50(32)36(52)22-49-38-27(10-7-5-4-6-8-11-30-12-9-13-35(45-30)54-23-41)16-28(29-20-43-26(3)44-21-29)17-31(38)37(48-49)25(2)51/h6,8-9,12-17,20-21,32-33H,4-5,7,10-11,18-19,22-23H2,1-3H3,(H,46,47,53)/t32-,33+,41-/m0/s1. The van der Waals surface area contributed by atoms with Crippen molar-refractivity contribution >= 4 is 50.2 Å². The highest BCUT2D eigenvalue weighted by atomic mass is 79.9. The zero-order chi connectivity index (χ0) is 37.6. The van der Waals surface area contributed by atoms with Gasteiger partial charge in [0.1, 0.15) is 34.5 Å². The number of aromatic nitrogens is 6. The molecule has 2 aliphatic heterocycles. The lowest BCUT2D eigenvalue weighted by molar-refractivity contribution is -0.138. The SMILES string of the molecule is CC(=O)c1nn2c3c(cc(-c4cnc(C)nc4)cc13)CCCCC=CCc1cccc(n1)OC[C@@]13C[C@@H](C(=O)Nc4nc(Br)ccc4C)N(C(=O)C2)[C@@H]1C3. The van der Waals surface area contributed by atoms with E-state index in [0.29, 0.717) is 65.5 Å². The topological polar surface area (TPSA) is 145 Å². The van der Waals surface area contributed by atoms with Gasteiger partial charge in [0.15, 0.2) is 5.78 Å². The van der Waals surface area contributed by atoms with Crippen molar-refractivity contribution in [3.63, 3.8) is 0 Å². The van der Waals surface area contributed by atoms with Crippen molar-refractivity contribution in [2.75, 3.05) is 11.9 Å². The van der Waals surface area contributed by atoms with Gasteiger partial charge in [-0.2, -0.15) is 5.10 Å². The molecule has 12 nitrogen and oxygen atoms in total. The minimum Gasteiger partial charge on any atom is -0.477 e. The monoisotopic (exact) mass is 788 g/mol. The molecule has 6 heterocycles. The first-order valence-corrected chi connectivity index (χ1v) is 19.2. The van der Waals surface area contributed by atoms with Gasteiger partial charge in [0.25, 0.3) is 0 Å². The molecule has 276 valence electrons. The van der Waals surface area contributed by atoms with Crippen LogP contribution in [0.15, 0.2) is 71.6 Å². The maximum absolute atomic E-state index is 14.7. The summed E-state index contributed by atoms with van der Waals surface area (Å²) in [5, 5.41) is 8.47. The Hall–Kier alpha value is -5.30. The Balaban J connectivity index is 1.20. The summed E-state index contributed by atoms with van der Waals surface area (Å²) in [6.07, 6.45) is 13.2. The van der Waals surface area contributed by atoms with Gasteiger partial charge in [0, 0.05) is 59.9 Å². The lowest BCUT2D eigenvalue weighted by atomic mass is 9.97. The number of benzene rings is 1. The van der Waals surface area contributed by atoms with Crippen LogP contribution in [0.5, 0.6) is 5.88 Å². The van der Waals surface area contributed by atoms with E-state index in [2.05, 4.69) is 54.4 Å². The van der Waals surface area contributed by atoms with Crippen molar-refractivity contribution in [1.82, 2.24) is 34.6 Å². The van der Waals surface area contributed by atoms with Crippen molar-refractivity contribution in [3.8, 4) is 17.0 Å². The molecule has 3 atom stereocenters. The first-order valence-electron chi connectivity index (χ1n) is 18.4. The number of pyridine rings is 2. The summed E-state index contributed by atoms with van der Waals surface area (Å²) >= 11 is 3.41. The van der Waals surface area contributed by atoms with E-state index in [1.54, 1.807) is 22.0 Å². The number of halogens is 1. The Morgan fingerprint density at radius 2 is 1.83 bits per heavy atom. The zero-order valence-corrected chi connectivity index (χ0v) is 32.1. The molecule has 0 spiro atoms. The van der Waals surface area contributed by atoms with Crippen molar-refractivity contribution in [2.45, 2.75) is 84.3 Å². The lowest BCUT2D eigenvalue weighted by Gasteiger charge is -2.27. The molecule has 1 saturated heterocycles. The van der Waals surface area contributed by atoms with Crippen LogP contribution in [0, 0.1) is 19.3 Å². The highest BCUT2D eigenvalue weighted by molar-refractivity contribution is 9.10. The molecule has 1 aliphatic carbocycles. The number of anilines is 1. The summed E-state index contributed by atoms with van der Waals surface area (Å²) in [5.41, 5.74) is 5.04. The molecule has 2 fully saturated rings. The minimum atomic E-state index is -0.764. The second-order valence-corrected chi connectivity index (χ2v) is 15.5. The Bertz CT molecular complexity index is 2320. The van der Waals surface area contributed by atoms with Gasteiger partial charge in [0.05, 0.1) is 12.1 Å². The predicted octanol–water partition coefficient (Wildman–Crippen LogP) is 6.77. The number of carbonyl (C=O) groups excluding carboxylic acids is 3. The van der Waals surface area contributed by atoms with Crippen LogP contribution < -0.4 is 10.1 Å². The number of nitrogens with zero attached hydrogens (tertiary/aromatic N) is 7. The van der Waals surface area contributed by atoms with Gasteiger partial charge < -0.3 is 15.0 Å². The van der Waals surface area contributed by atoms with Crippen LogP contribution in [0.1, 0.15) is 72.2 Å². The second-order valence-electron chi connectivity index (χ2n) is 14.7. The van der Waals surface area contributed by atoms with E-state index in [1.807, 2.05) is 50.2 Å². The Morgan fingerprint density at radius 3 is 2.65 bits per heavy atom. The van der Waals surface area contributed by atoms with Crippen molar-refractivity contribution in [2.24, 2.45) is 5.41 Å². The highest BCUT2D eigenvalue weighted by Crippen LogP contribution is 2.60. The zero-order valence-electron chi connectivity index (χ0n) is 30.5. The molecule has 2 amide bonds. The van der Waals surface area contributed by atoms with Crippen LogP contribution in [0.3, 0.4) is 0 Å². The molecule has 1 aromatic carbocycles. The fraction of sp³-hybridized carbons (Fsp3) is 0.366. The molecule has 1 saturated carbocycles. The summed E-state index contributed by atoms with van der Waals surface area (Å²) < 4.78 is 8.57. The van der Waals surface area contributed by atoms with Crippen LogP contribution in [0.25, 0.3) is 22.0 Å². The number of hydrogen-bond acceptors (Lipinski definition) is 9. The number of piperidine rings is 1. The van der Waals surface area contributed by atoms with E-state index < -0.39 is 11.5 Å². The number of fused-ring (bicyclic) bond motifs is 2. The summed E-state index contributed by atoms with van der Waals surface area (Å²) in [7, 11) is 0. The van der Waals surface area contributed by atoms with Gasteiger partial charge in [-0.05, 0) is 109 Å². The number of carbonyl (C=O) groups is 3. The molecule has 0 unspecified atom stereocenters. The number of ketones is 1. The molecule has 1 N–H and O–H groups in total. The third-order valence-corrected chi connectivity index (χ3v) is 11.3. The van der Waals surface area contributed by atoms with Crippen LogP contribution in [0.4, 0.5) is 5.82 Å². The summed E-state index contributed by atoms with van der Waals surface area (Å²) in [5.74, 6) is 0.870. The summed E-state index contributed by atoms with van der Waals surface area (Å²) in [4.78, 5) is 61.7. The van der Waals surface area contributed by atoms with Crippen molar-refractivity contribution in [3.05, 3.63) is 100.0 Å². The highest BCUT2D eigenvalue weighted by Gasteiger charge is 2.67. The summed E-state index contributed by atoms with van der Waals surface area (Å²) in [6, 6.07) is 12.6. The van der Waals surface area contributed by atoms with E-state index >= 15 is 0 Å². The molecule has 4 aromatic heterocycles. The third-order valence-electron chi connectivity index (χ3n) is 10.8. The van der Waals surface area contributed by atoms with E-state index in [0.717, 1.165) is 52.7 Å². The quantitative estimate of drug-likeness (QED) is 0.119. The van der Waals surface area contributed by atoms with E-state index in [9.17, 15) is 14.4 Å². The smallest absolute Gasteiger partial charge is 0.248 e. The first kappa shape index (κ1) is 35.7. The molecule has 5 aromatic rings. The van der Waals surface area contributed by atoms with Gasteiger partial charge >= 0.3 is 0 Å². The molecule has 54 heavy (non-hydrogen) atoms. The van der Waals surface area contributed by atoms with Crippen molar-refractivity contribution < 1.29 is 19.1 Å². The lowest BCUT2D eigenvalue weighted by Crippen LogP contribution is -2.47. The maximum Gasteiger partial charge on any atom is 0.248 e. The van der Waals surface area contributed by atoms with E-state index in [1.165, 1.54) is 6.92 Å². The van der Waals surface area contributed by atoms with Crippen LogP contribution >= 0.6 is 15.9 Å². The van der Waals surface area contributed by atoms with Gasteiger partial charge in [-0.1, -0.05) is 24.3 Å². The molecule has 0 radical (unpaired) electrons. The number of hydrogen-bond donors (Lipinski definition) is 1. The fourth-order valence-corrected chi connectivity index (χ4v) is 8.22. The number of rotatable bonds is 4. The number of ether oxygens (including phenoxy) is 1. The van der Waals surface area contributed by atoms with Gasteiger partial charge in [-0.15, -0.1) is 0 Å². The number of aryl methyl sites for hydroxylation is 3. The second kappa shape index (κ2) is 14.5. The molecule has 3 aliphatic rings. The van der Waals surface area contributed by atoms with E-state index in [-0.39, 0.29) is 30.2 Å². The average molecular weight is 790 g/mol. The molecular weight excluding hydrogens is 748 g/mol. The Kier molecular flexibility index (Phi) is 9.59. The van der Waals surface area contributed by atoms with Crippen LogP contribution in [-0.4, -0.2) is 70.9 Å². The Morgan fingerprint density at radius 1 is 1.00 bits per heavy atom. The van der Waals surface area contributed by atoms with E-state index in [4.69, 9.17) is 14.8 Å². The predicted molar refractivity (Wildman–Crippen MR) is 207 cm³/mol. The van der Waals surface area contributed by atoms with Gasteiger partial charge in [-0.3, -0.25) is 19.1 Å². The molecular formula is C41H41BrN8O4. The minimum absolute atomic E-state index is 0.137. The molecule has 13 heteroatoms. The van der Waals surface area contributed by atoms with Gasteiger partial charge in [-0.25, -0.2) is 19.9 Å². The number of amides is 2. The maximum atomic E-state index is 14.7. The number of allylic oxidation sites excluding steroid dienone is 2. The largest absolute Gasteiger partial charge is 0.477 e. The normalized spacial score (nSPS) is 21.3. The summed E-state index contributed by atoms with van der Waals surface area (Å²) in [6.45, 7) is 5.40. The third kappa shape index (κ3) is 7.04. The van der Waals surface area contributed by atoms with Crippen molar-refractivity contribution in [1.29, 1.82) is 0 Å².